The van der Waals surface area contributed by atoms with Gasteiger partial charge >= 0.3 is 0 Å². The Hall–Kier alpha value is -1.61. The number of imidazole rings is 1. The van der Waals surface area contributed by atoms with Crippen molar-refractivity contribution in [2.24, 2.45) is 0 Å². The largest absolute Gasteiger partial charge is 0.310 e. The van der Waals surface area contributed by atoms with E-state index >= 15 is 0 Å². The first kappa shape index (κ1) is 13.8. The molecular weight excluding hydrogens is 234 g/mol. The monoisotopic (exact) mass is 257 g/mol. The zero-order valence-corrected chi connectivity index (χ0v) is 12.3. The van der Waals surface area contributed by atoms with E-state index in [-0.39, 0.29) is 0 Å². The van der Waals surface area contributed by atoms with Gasteiger partial charge in [-0.05, 0) is 51.4 Å². The van der Waals surface area contributed by atoms with Gasteiger partial charge in [0.25, 0.3) is 0 Å². The van der Waals surface area contributed by atoms with E-state index in [1.54, 1.807) is 0 Å². The van der Waals surface area contributed by atoms with Crippen LogP contribution in [0.5, 0.6) is 0 Å². The highest BCUT2D eigenvalue weighted by Gasteiger charge is 2.08. The highest BCUT2D eigenvalue weighted by molar-refractivity contribution is 5.39. The number of aromatic nitrogens is 2. The lowest BCUT2D eigenvalue weighted by Crippen LogP contribution is -2.19. The first-order valence-electron chi connectivity index (χ1n) is 6.97. The highest BCUT2D eigenvalue weighted by atomic mass is 15.1. The van der Waals surface area contributed by atoms with E-state index in [1.165, 1.54) is 16.9 Å². The summed E-state index contributed by atoms with van der Waals surface area (Å²) in [6, 6.07) is 9.04. The molecule has 0 bridgehead atoms. The molecule has 3 nitrogen and oxygen atoms in total. The van der Waals surface area contributed by atoms with E-state index in [9.17, 15) is 0 Å². The smallest absolute Gasteiger partial charge is 0.0997 e. The number of benzene rings is 1. The average molecular weight is 257 g/mol. The third-order valence-electron chi connectivity index (χ3n) is 3.60. The first-order chi connectivity index (χ1) is 9.13. The molecule has 0 aliphatic rings. The van der Waals surface area contributed by atoms with Gasteiger partial charge in [0.2, 0.25) is 0 Å². The molecule has 1 N–H and O–H groups in total. The SMILES string of the molecule is CCCNC(C)c1cccc(-n2cnc(C)c2C)c1. The molecule has 0 saturated carbocycles. The maximum Gasteiger partial charge on any atom is 0.0997 e. The van der Waals surface area contributed by atoms with Crippen molar-refractivity contribution in [2.75, 3.05) is 6.54 Å². The van der Waals surface area contributed by atoms with Crippen LogP contribution in [0, 0.1) is 13.8 Å². The van der Waals surface area contributed by atoms with Crippen LogP contribution in [0.3, 0.4) is 0 Å². The standard InChI is InChI=1S/C16H23N3/c1-5-9-17-13(3)15-7-6-8-16(10-15)19-11-18-12(2)14(19)4/h6-8,10-11,13,17H,5,9H2,1-4H3. The molecule has 2 aromatic rings. The van der Waals surface area contributed by atoms with E-state index < -0.39 is 0 Å². The lowest BCUT2D eigenvalue weighted by atomic mass is 10.1. The van der Waals surface area contributed by atoms with Crippen molar-refractivity contribution in [1.82, 2.24) is 14.9 Å². The van der Waals surface area contributed by atoms with Crippen molar-refractivity contribution in [1.29, 1.82) is 0 Å². The van der Waals surface area contributed by atoms with Crippen LogP contribution in [0.4, 0.5) is 0 Å². The Balaban J connectivity index is 2.26. The summed E-state index contributed by atoms with van der Waals surface area (Å²) in [5, 5.41) is 3.52. The second kappa shape index (κ2) is 6.02. The number of rotatable bonds is 5. The van der Waals surface area contributed by atoms with Crippen molar-refractivity contribution in [3.8, 4) is 5.69 Å². The van der Waals surface area contributed by atoms with Crippen LogP contribution in [0.25, 0.3) is 5.69 Å². The summed E-state index contributed by atoms with van der Waals surface area (Å²) in [6.45, 7) is 9.60. The van der Waals surface area contributed by atoms with Gasteiger partial charge in [0.15, 0.2) is 0 Å². The Morgan fingerprint density at radius 1 is 1.32 bits per heavy atom. The van der Waals surface area contributed by atoms with E-state index in [0.717, 1.165) is 18.7 Å². The molecule has 0 amide bonds. The molecule has 1 unspecified atom stereocenters. The van der Waals surface area contributed by atoms with Crippen LogP contribution in [0.2, 0.25) is 0 Å². The Kier molecular flexibility index (Phi) is 4.38. The molecule has 1 aromatic heterocycles. The third-order valence-corrected chi connectivity index (χ3v) is 3.60. The van der Waals surface area contributed by atoms with E-state index in [1.807, 2.05) is 13.3 Å². The summed E-state index contributed by atoms with van der Waals surface area (Å²) in [7, 11) is 0. The molecular formula is C16H23N3. The molecule has 0 radical (unpaired) electrons. The molecule has 102 valence electrons. The summed E-state index contributed by atoms with van der Waals surface area (Å²) >= 11 is 0. The summed E-state index contributed by atoms with van der Waals surface area (Å²) in [4.78, 5) is 4.36. The predicted molar refractivity (Wildman–Crippen MR) is 79.7 cm³/mol. The van der Waals surface area contributed by atoms with Gasteiger partial charge < -0.3 is 9.88 Å². The number of nitrogens with zero attached hydrogens (tertiary/aromatic N) is 2. The van der Waals surface area contributed by atoms with Gasteiger partial charge in [0.1, 0.15) is 0 Å². The van der Waals surface area contributed by atoms with Crippen LogP contribution < -0.4 is 5.32 Å². The summed E-state index contributed by atoms with van der Waals surface area (Å²) in [5.74, 6) is 0. The van der Waals surface area contributed by atoms with Crippen LogP contribution in [-0.4, -0.2) is 16.1 Å². The minimum Gasteiger partial charge on any atom is -0.310 e. The van der Waals surface area contributed by atoms with Gasteiger partial charge in [-0.25, -0.2) is 4.98 Å². The number of hydrogen-bond donors (Lipinski definition) is 1. The van der Waals surface area contributed by atoms with Gasteiger partial charge in [-0.15, -0.1) is 0 Å². The van der Waals surface area contributed by atoms with Crippen molar-refractivity contribution >= 4 is 0 Å². The van der Waals surface area contributed by atoms with Crippen molar-refractivity contribution < 1.29 is 0 Å². The zero-order chi connectivity index (χ0) is 13.8. The van der Waals surface area contributed by atoms with Gasteiger partial charge in [0.05, 0.1) is 12.0 Å². The quantitative estimate of drug-likeness (QED) is 0.887. The minimum absolute atomic E-state index is 0.379. The molecule has 1 atom stereocenters. The summed E-state index contributed by atoms with van der Waals surface area (Å²) in [5.41, 5.74) is 4.78. The molecule has 0 spiro atoms. The summed E-state index contributed by atoms with van der Waals surface area (Å²) in [6.07, 6.45) is 3.05. The Morgan fingerprint density at radius 3 is 2.74 bits per heavy atom. The fourth-order valence-corrected chi connectivity index (χ4v) is 2.18. The van der Waals surface area contributed by atoms with Crippen LogP contribution in [0.1, 0.15) is 43.3 Å². The van der Waals surface area contributed by atoms with Crippen molar-refractivity contribution in [3.63, 3.8) is 0 Å². The van der Waals surface area contributed by atoms with Crippen LogP contribution >= 0.6 is 0 Å². The molecule has 1 aromatic carbocycles. The number of aryl methyl sites for hydroxylation is 1. The average Bonchev–Trinajstić information content (AvgIpc) is 2.76. The topological polar surface area (TPSA) is 29.9 Å². The van der Waals surface area contributed by atoms with Crippen molar-refractivity contribution in [2.45, 2.75) is 40.2 Å². The first-order valence-corrected chi connectivity index (χ1v) is 6.97. The number of nitrogens with one attached hydrogen (secondary N) is 1. The lowest BCUT2D eigenvalue weighted by molar-refractivity contribution is 0.570. The van der Waals surface area contributed by atoms with Gasteiger partial charge in [-0.1, -0.05) is 19.1 Å². The molecule has 1 heterocycles. The van der Waals surface area contributed by atoms with Gasteiger partial charge in [0, 0.05) is 17.4 Å². The Morgan fingerprint density at radius 2 is 2.11 bits per heavy atom. The number of hydrogen-bond acceptors (Lipinski definition) is 2. The van der Waals surface area contributed by atoms with Crippen molar-refractivity contribution in [3.05, 3.63) is 47.5 Å². The lowest BCUT2D eigenvalue weighted by Gasteiger charge is -2.15. The van der Waals surface area contributed by atoms with Crippen LogP contribution in [0.15, 0.2) is 30.6 Å². The zero-order valence-electron chi connectivity index (χ0n) is 12.3. The molecule has 0 aliphatic carbocycles. The second-order valence-corrected chi connectivity index (χ2v) is 5.06. The highest BCUT2D eigenvalue weighted by Crippen LogP contribution is 2.19. The third kappa shape index (κ3) is 3.04. The molecule has 19 heavy (non-hydrogen) atoms. The normalized spacial score (nSPS) is 12.6. The molecule has 0 saturated heterocycles. The second-order valence-electron chi connectivity index (χ2n) is 5.06. The molecule has 0 fully saturated rings. The minimum atomic E-state index is 0.379. The maximum atomic E-state index is 4.36. The summed E-state index contributed by atoms with van der Waals surface area (Å²) < 4.78 is 2.14. The van der Waals surface area contributed by atoms with Gasteiger partial charge in [-0.2, -0.15) is 0 Å². The molecule has 0 aliphatic heterocycles. The van der Waals surface area contributed by atoms with Gasteiger partial charge in [-0.3, -0.25) is 0 Å². The van der Waals surface area contributed by atoms with E-state index in [4.69, 9.17) is 0 Å². The molecule has 2 rings (SSSR count). The fourth-order valence-electron chi connectivity index (χ4n) is 2.18. The molecule has 3 heteroatoms. The van der Waals surface area contributed by atoms with E-state index in [2.05, 4.69) is 59.9 Å². The Labute approximate surface area is 115 Å². The fraction of sp³-hybridized carbons (Fsp3) is 0.438. The van der Waals surface area contributed by atoms with E-state index in [0.29, 0.717) is 6.04 Å². The Bertz CT molecular complexity index is 543. The predicted octanol–water partition coefficient (Wildman–Crippen LogP) is 3.55. The maximum absolute atomic E-state index is 4.36. The van der Waals surface area contributed by atoms with Crippen LogP contribution in [-0.2, 0) is 0 Å².